The number of rotatable bonds is 3. The molecular weight excluding hydrogens is 216 g/mol. The average molecular weight is 228 g/mol. The van der Waals surface area contributed by atoms with Crippen LogP contribution in [0.3, 0.4) is 0 Å². The zero-order valence-corrected chi connectivity index (χ0v) is 8.22. The van der Waals surface area contributed by atoms with Crippen LogP contribution < -0.4 is 0 Å². The van der Waals surface area contributed by atoms with Gasteiger partial charge in [0, 0.05) is 0 Å². The van der Waals surface area contributed by atoms with Crippen LogP contribution >= 0.6 is 0 Å². The molecular formula is C6H12O7S. The molecule has 1 rings (SSSR count). The van der Waals surface area contributed by atoms with E-state index in [2.05, 4.69) is 4.18 Å². The molecule has 0 aromatic carbocycles. The second kappa shape index (κ2) is 4.09. The Morgan fingerprint density at radius 1 is 1.36 bits per heavy atom. The normalized spacial score (nSPS) is 38.9. The lowest BCUT2D eigenvalue weighted by molar-refractivity contribution is -0.113. The van der Waals surface area contributed by atoms with E-state index in [1.807, 2.05) is 0 Å². The van der Waals surface area contributed by atoms with Crippen LogP contribution in [0.5, 0.6) is 0 Å². The third kappa shape index (κ3) is 2.62. The minimum absolute atomic E-state index is 0.526. The van der Waals surface area contributed by atoms with Crippen molar-refractivity contribution in [3.63, 3.8) is 0 Å². The van der Waals surface area contributed by atoms with Gasteiger partial charge in [0.05, 0.1) is 12.9 Å². The molecule has 0 radical (unpaired) electrons. The molecule has 0 saturated carbocycles. The Morgan fingerprint density at radius 3 is 2.29 bits per heavy atom. The lowest BCUT2D eigenvalue weighted by Crippen LogP contribution is -2.35. The fourth-order valence-electron chi connectivity index (χ4n) is 1.12. The van der Waals surface area contributed by atoms with Crippen LogP contribution in [0, 0.1) is 0 Å². The summed E-state index contributed by atoms with van der Waals surface area (Å²) < 4.78 is 30.5. The third-order valence-electron chi connectivity index (χ3n) is 1.77. The van der Waals surface area contributed by atoms with Gasteiger partial charge in [-0.05, 0) is 0 Å². The van der Waals surface area contributed by atoms with Crippen molar-refractivity contribution in [3.8, 4) is 0 Å². The predicted octanol–water partition coefficient (Wildman–Crippen LogP) is -2.60. The van der Waals surface area contributed by atoms with Crippen LogP contribution in [-0.2, 0) is 19.0 Å². The number of ether oxygens (including phenoxy) is 1. The van der Waals surface area contributed by atoms with E-state index in [4.69, 9.17) is 9.84 Å². The second-order valence-electron chi connectivity index (χ2n) is 3.01. The largest absolute Gasteiger partial charge is 0.394 e. The first-order chi connectivity index (χ1) is 6.35. The zero-order chi connectivity index (χ0) is 10.9. The molecule has 84 valence electrons. The van der Waals surface area contributed by atoms with Crippen molar-refractivity contribution < 1.29 is 32.7 Å². The molecule has 7 nitrogen and oxygen atoms in total. The standard InChI is InChI=1S/C6H12O7S/c1-14(10,11)13-6-5(9)4(8)3(2-7)12-6/h3-9H,2H2,1H3/t3-,4-,5-,6?/m1/s1. The zero-order valence-electron chi connectivity index (χ0n) is 7.40. The number of hydrogen-bond acceptors (Lipinski definition) is 7. The van der Waals surface area contributed by atoms with Crippen LogP contribution in [0.15, 0.2) is 0 Å². The molecule has 1 fully saturated rings. The summed E-state index contributed by atoms with van der Waals surface area (Å²) in [6, 6.07) is 0. The van der Waals surface area contributed by atoms with Gasteiger partial charge in [0.25, 0.3) is 10.1 Å². The highest BCUT2D eigenvalue weighted by Gasteiger charge is 2.44. The van der Waals surface area contributed by atoms with Gasteiger partial charge in [-0.1, -0.05) is 0 Å². The SMILES string of the molecule is CS(=O)(=O)OC1O[C@H](CO)[C@@H](O)[C@H]1O. The van der Waals surface area contributed by atoms with Crippen LogP contribution in [0.25, 0.3) is 0 Å². The Labute approximate surface area is 81.0 Å². The van der Waals surface area contributed by atoms with Gasteiger partial charge in [0.15, 0.2) is 0 Å². The van der Waals surface area contributed by atoms with Crippen LogP contribution in [0.1, 0.15) is 0 Å². The molecule has 1 aliphatic rings. The minimum atomic E-state index is -3.77. The highest BCUT2D eigenvalue weighted by Crippen LogP contribution is 2.22. The maximum Gasteiger partial charge on any atom is 0.266 e. The van der Waals surface area contributed by atoms with Crippen molar-refractivity contribution in [3.05, 3.63) is 0 Å². The Hall–Kier alpha value is -0.250. The van der Waals surface area contributed by atoms with E-state index in [1.165, 1.54) is 0 Å². The Bertz CT molecular complexity index is 287. The second-order valence-corrected chi connectivity index (χ2v) is 4.61. The van der Waals surface area contributed by atoms with E-state index in [0.717, 1.165) is 6.26 Å². The molecule has 14 heavy (non-hydrogen) atoms. The van der Waals surface area contributed by atoms with E-state index in [1.54, 1.807) is 0 Å². The lowest BCUT2D eigenvalue weighted by Gasteiger charge is -2.12. The molecule has 8 heteroatoms. The van der Waals surface area contributed by atoms with Crippen molar-refractivity contribution in [1.29, 1.82) is 0 Å². The summed E-state index contributed by atoms with van der Waals surface area (Å²) in [4.78, 5) is 0. The highest BCUT2D eigenvalue weighted by atomic mass is 32.2. The summed E-state index contributed by atoms with van der Waals surface area (Å²) in [5.74, 6) is 0. The van der Waals surface area contributed by atoms with Gasteiger partial charge >= 0.3 is 0 Å². The molecule has 0 aromatic heterocycles. The maximum atomic E-state index is 10.7. The van der Waals surface area contributed by atoms with Crippen LogP contribution in [0.2, 0.25) is 0 Å². The summed E-state index contributed by atoms with van der Waals surface area (Å²) in [6.45, 7) is -0.526. The molecule has 1 saturated heterocycles. The summed E-state index contributed by atoms with van der Waals surface area (Å²) in [5, 5.41) is 27.1. The number of aliphatic hydroxyl groups is 3. The molecule has 0 spiro atoms. The van der Waals surface area contributed by atoms with Crippen LogP contribution in [-0.4, -0.2) is 61.2 Å². The van der Waals surface area contributed by atoms with E-state index >= 15 is 0 Å². The quantitative estimate of drug-likeness (QED) is 0.454. The molecule has 0 bridgehead atoms. The third-order valence-corrected chi connectivity index (χ3v) is 2.31. The van der Waals surface area contributed by atoms with E-state index in [-0.39, 0.29) is 0 Å². The lowest BCUT2D eigenvalue weighted by atomic mass is 10.1. The first-order valence-corrected chi connectivity index (χ1v) is 5.67. The summed E-state index contributed by atoms with van der Waals surface area (Å²) in [7, 11) is -3.77. The Kier molecular flexibility index (Phi) is 3.45. The molecule has 4 atom stereocenters. The van der Waals surface area contributed by atoms with Gasteiger partial charge in [-0.25, -0.2) is 4.18 Å². The molecule has 3 N–H and O–H groups in total. The van der Waals surface area contributed by atoms with Crippen LogP contribution in [0.4, 0.5) is 0 Å². The molecule has 1 heterocycles. The van der Waals surface area contributed by atoms with Gasteiger partial charge in [-0.15, -0.1) is 0 Å². The number of aliphatic hydroxyl groups excluding tert-OH is 3. The summed E-state index contributed by atoms with van der Waals surface area (Å²) in [6.07, 6.45) is -4.54. The van der Waals surface area contributed by atoms with Gasteiger partial charge in [0.2, 0.25) is 6.29 Å². The van der Waals surface area contributed by atoms with E-state index in [0.29, 0.717) is 0 Å². The Morgan fingerprint density at radius 2 is 1.93 bits per heavy atom. The fraction of sp³-hybridized carbons (Fsp3) is 1.00. The predicted molar refractivity (Wildman–Crippen MR) is 43.7 cm³/mol. The van der Waals surface area contributed by atoms with Gasteiger partial charge in [-0.3, -0.25) is 0 Å². The molecule has 1 aliphatic heterocycles. The Balaban J connectivity index is 2.66. The average Bonchev–Trinajstić information content (AvgIpc) is 2.30. The topological polar surface area (TPSA) is 113 Å². The molecule has 1 unspecified atom stereocenters. The molecule has 0 aromatic rings. The van der Waals surface area contributed by atoms with E-state index in [9.17, 15) is 18.6 Å². The monoisotopic (exact) mass is 228 g/mol. The molecule has 0 amide bonds. The van der Waals surface area contributed by atoms with E-state index < -0.39 is 41.3 Å². The summed E-state index contributed by atoms with van der Waals surface area (Å²) >= 11 is 0. The maximum absolute atomic E-state index is 10.7. The smallest absolute Gasteiger partial charge is 0.266 e. The van der Waals surface area contributed by atoms with Crippen molar-refractivity contribution in [1.82, 2.24) is 0 Å². The fourth-order valence-corrected chi connectivity index (χ4v) is 1.62. The highest BCUT2D eigenvalue weighted by molar-refractivity contribution is 7.86. The van der Waals surface area contributed by atoms with Gasteiger partial charge < -0.3 is 20.1 Å². The van der Waals surface area contributed by atoms with Crippen molar-refractivity contribution in [2.75, 3.05) is 12.9 Å². The van der Waals surface area contributed by atoms with Gasteiger partial charge in [-0.2, -0.15) is 8.42 Å². The van der Waals surface area contributed by atoms with Crippen molar-refractivity contribution in [2.24, 2.45) is 0 Å². The first-order valence-electron chi connectivity index (χ1n) is 3.86. The molecule has 0 aliphatic carbocycles. The van der Waals surface area contributed by atoms with Crippen molar-refractivity contribution in [2.45, 2.75) is 24.6 Å². The number of hydrogen-bond donors (Lipinski definition) is 3. The minimum Gasteiger partial charge on any atom is -0.394 e. The van der Waals surface area contributed by atoms with Gasteiger partial charge in [0.1, 0.15) is 18.3 Å². The first kappa shape index (κ1) is 11.8. The summed E-state index contributed by atoms with van der Waals surface area (Å²) in [5.41, 5.74) is 0. The van der Waals surface area contributed by atoms with Crippen molar-refractivity contribution >= 4 is 10.1 Å².